The summed E-state index contributed by atoms with van der Waals surface area (Å²) in [5.74, 6) is 0.208. The minimum absolute atomic E-state index is 0. The van der Waals surface area contributed by atoms with Crippen molar-refractivity contribution in [2.45, 2.75) is 32.7 Å². The summed E-state index contributed by atoms with van der Waals surface area (Å²) in [6.07, 6.45) is 0.673. The van der Waals surface area contributed by atoms with Gasteiger partial charge >= 0.3 is 0 Å². The van der Waals surface area contributed by atoms with Crippen LogP contribution >= 0.6 is 24.0 Å². The van der Waals surface area contributed by atoms with Crippen LogP contribution in [0.5, 0.6) is 0 Å². The molecule has 0 unspecified atom stereocenters. The lowest BCUT2D eigenvalue weighted by molar-refractivity contribution is -0.121. The van der Waals surface area contributed by atoms with Crippen molar-refractivity contribution in [3.05, 3.63) is 35.6 Å². The van der Waals surface area contributed by atoms with Crippen LogP contribution in [0.15, 0.2) is 29.3 Å². The summed E-state index contributed by atoms with van der Waals surface area (Å²) in [7, 11) is 1.64. The van der Waals surface area contributed by atoms with Gasteiger partial charge in [0.15, 0.2) is 5.96 Å². The molecule has 0 saturated carbocycles. The highest BCUT2D eigenvalue weighted by Crippen LogP contribution is 2.03. The lowest BCUT2D eigenvalue weighted by atomic mass is 10.1. The lowest BCUT2D eigenvalue weighted by Crippen LogP contribution is -2.48. The van der Waals surface area contributed by atoms with E-state index in [9.17, 15) is 9.18 Å². The van der Waals surface area contributed by atoms with E-state index in [0.29, 0.717) is 18.9 Å². The van der Waals surface area contributed by atoms with Crippen LogP contribution in [0.4, 0.5) is 4.39 Å². The van der Waals surface area contributed by atoms with Gasteiger partial charge in [0.05, 0.1) is 6.54 Å². The van der Waals surface area contributed by atoms with E-state index in [0.717, 1.165) is 5.56 Å². The standard InChI is InChI=1S/C16H25FN4O.HI/c1-16(2,3)21-14(22)11-20-15(18-4)19-9-8-12-6-5-7-13(17)10-12;/h5-7,10H,8-9,11H2,1-4H3,(H,21,22)(H2,18,19,20);1H. The van der Waals surface area contributed by atoms with Crippen molar-refractivity contribution in [3.8, 4) is 0 Å². The van der Waals surface area contributed by atoms with E-state index >= 15 is 0 Å². The Balaban J connectivity index is 0.00000484. The van der Waals surface area contributed by atoms with Crippen LogP contribution in [0.3, 0.4) is 0 Å². The van der Waals surface area contributed by atoms with Crippen LogP contribution in [-0.2, 0) is 11.2 Å². The third kappa shape index (κ3) is 10.1. The third-order valence-corrected chi connectivity index (χ3v) is 2.75. The van der Waals surface area contributed by atoms with Crippen LogP contribution in [0.25, 0.3) is 0 Å². The van der Waals surface area contributed by atoms with Gasteiger partial charge in [0, 0.05) is 19.1 Å². The number of aliphatic imine (C=N–C) groups is 1. The minimum atomic E-state index is -0.257. The first-order chi connectivity index (χ1) is 10.3. The second-order valence-electron chi connectivity index (χ2n) is 6.03. The fourth-order valence-electron chi connectivity index (χ4n) is 1.86. The van der Waals surface area contributed by atoms with E-state index < -0.39 is 0 Å². The second kappa shape index (κ2) is 10.4. The van der Waals surface area contributed by atoms with Gasteiger partial charge in [0.25, 0.3) is 0 Å². The molecule has 0 heterocycles. The average Bonchev–Trinajstić information content (AvgIpc) is 2.40. The predicted octanol–water partition coefficient (Wildman–Crippen LogP) is 2.07. The number of benzene rings is 1. The van der Waals surface area contributed by atoms with E-state index in [1.807, 2.05) is 26.8 Å². The first kappa shape index (κ1) is 21.6. The first-order valence-corrected chi connectivity index (χ1v) is 7.30. The molecular formula is C16H26FIN4O. The molecule has 0 bridgehead atoms. The first-order valence-electron chi connectivity index (χ1n) is 7.30. The van der Waals surface area contributed by atoms with E-state index in [1.54, 1.807) is 13.1 Å². The number of carbonyl (C=O) groups is 1. The minimum Gasteiger partial charge on any atom is -0.356 e. The van der Waals surface area contributed by atoms with E-state index in [2.05, 4.69) is 20.9 Å². The van der Waals surface area contributed by atoms with E-state index in [1.165, 1.54) is 12.1 Å². The summed E-state index contributed by atoms with van der Waals surface area (Å²) >= 11 is 0. The van der Waals surface area contributed by atoms with Gasteiger partial charge in [-0.1, -0.05) is 12.1 Å². The molecule has 3 N–H and O–H groups in total. The van der Waals surface area contributed by atoms with Gasteiger partial charge in [0.2, 0.25) is 5.91 Å². The Bertz CT molecular complexity index is 529. The zero-order chi connectivity index (χ0) is 16.6. The number of nitrogens with zero attached hydrogens (tertiary/aromatic N) is 1. The molecule has 7 heteroatoms. The SMILES string of the molecule is CN=C(NCCc1cccc(F)c1)NCC(=O)NC(C)(C)C.I. The molecule has 0 saturated heterocycles. The Morgan fingerprint density at radius 2 is 1.96 bits per heavy atom. The third-order valence-electron chi connectivity index (χ3n) is 2.75. The second-order valence-corrected chi connectivity index (χ2v) is 6.03. The summed E-state index contributed by atoms with van der Waals surface area (Å²) < 4.78 is 13.1. The molecule has 0 spiro atoms. The maximum atomic E-state index is 13.1. The zero-order valence-corrected chi connectivity index (χ0v) is 16.4. The van der Waals surface area contributed by atoms with Crippen molar-refractivity contribution in [1.29, 1.82) is 0 Å². The van der Waals surface area contributed by atoms with Crippen molar-refractivity contribution in [2.24, 2.45) is 4.99 Å². The number of carbonyl (C=O) groups excluding carboxylic acids is 1. The van der Waals surface area contributed by atoms with E-state index in [4.69, 9.17) is 0 Å². The molecule has 0 atom stereocenters. The predicted molar refractivity (Wildman–Crippen MR) is 103 cm³/mol. The summed E-state index contributed by atoms with van der Waals surface area (Å²) in [5, 5.41) is 8.90. The van der Waals surface area contributed by atoms with Gasteiger partial charge < -0.3 is 16.0 Å². The number of guanidine groups is 1. The molecule has 0 aromatic heterocycles. The molecule has 23 heavy (non-hydrogen) atoms. The molecule has 1 rings (SSSR count). The highest BCUT2D eigenvalue weighted by molar-refractivity contribution is 14.0. The molecule has 1 amide bonds. The quantitative estimate of drug-likeness (QED) is 0.376. The lowest BCUT2D eigenvalue weighted by Gasteiger charge is -2.21. The molecule has 0 aliphatic heterocycles. The zero-order valence-electron chi connectivity index (χ0n) is 14.1. The Morgan fingerprint density at radius 1 is 1.26 bits per heavy atom. The molecular weight excluding hydrogens is 410 g/mol. The Labute approximate surface area is 154 Å². The van der Waals surface area contributed by atoms with Crippen molar-refractivity contribution in [2.75, 3.05) is 20.1 Å². The van der Waals surface area contributed by atoms with Crippen molar-refractivity contribution in [3.63, 3.8) is 0 Å². The topological polar surface area (TPSA) is 65.5 Å². The Kier molecular flexibility index (Phi) is 9.78. The van der Waals surface area contributed by atoms with Crippen molar-refractivity contribution in [1.82, 2.24) is 16.0 Å². The number of hydrogen-bond donors (Lipinski definition) is 3. The summed E-state index contributed by atoms with van der Waals surface area (Å²) in [5.41, 5.74) is 0.654. The highest BCUT2D eigenvalue weighted by atomic mass is 127. The molecule has 1 aromatic rings. The summed E-state index contributed by atoms with van der Waals surface area (Å²) in [6.45, 7) is 6.53. The molecule has 0 aliphatic rings. The maximum absolute atomic E-state index is 13.1. The van der Waals surface area contributed by atoms with Crippen molar-refractivity contribution >= 4 is 35.8 Å². The van der Waals surface area contributed by atoms with Gasteiger partial charge in [0.1, 0.15) is 5.82 Å². The average molecular weight is 436 g/mol. The molecule has 0 aliphatic carbocycles. The smallest absolute Gasteiger partial charge is 0.239 e. The number of nitrogens with one attached hydrogen (secondary N) is 3. The van der Waals surface area contributed by atoms with Gasteiger partial charge in [-0.25, -0.2) is 4.39 Å². The number of rotatable bonds is 5. The maximum Gasteiger partial charge on any atom is 0.239 e. The summed E-state index contributed by atoms with van der Waals surface area (Å²) in [6, 6.07) is 6.49. The molecule has 1 aromatic carbocycles. The number of hydrogen-bond acceptors (Lipinski definition) is 2. The van der Waals surface area contributed by atoms with Crippen LogP contribution in [0, 0.1) is 5.82 Å². The van der Waals surface area contributed by atoms with E-state index in [-0.39, 0.29) is 47.8 Å². The van der Waals surface area contributed by atoms with Crippen molar-refractivity contribution < 1.29 is 9.18 Å². The fraction of sp³-hybridized carbons (Fsp3) is 0.500. The molecule has 130 valence electrons. The van der Waals surface area contributed by atoms with Gasteiger partial charge in [-0.2, -0.15) is 0 Å². The molecule has 5 nitrogen and oxygen atoms in total. The highest BCUT2D eigenvalue weighted by Gasteiger charge is 2.13. The normalized spacial score (nSPS) is 11.4. The van der Waals surface area contributed by atoms with Gasteiger partial charge in [-0.05, 0) is 44.9 Å². The number of amides is 1. The van der Waals surface area contributed by atoms with Crippen LogP contribution in [0.1, 0.15) is 26.3 Å². The monoisotopic (exact) mass is 436 g/mol. The molecule has 0 radical (unpaired) electrons. The molecule has 0 fully saturated rings. The Morgan fingerprint density at radius 3 is 2.52 bits per heavy atom. The van der Waals surface area contributed by atoms with Gasteiger partial charge in [-0.15, -0.1) is 24.0 Å². The van der Waals surface area contributed by atoms with Gasteiger partial charge in [-0.3, -0.25) is 9.79 Å². The Hall–Kier alpha value is -1.38. The number of halogens is 2. The van der Waals surface area contributed by atoms with Crippen LogP contribution in [-0.4, -0.2) is 37.5 Å². The summed E-state index contributed by atoms with van der Waals surface area (Å²) in [4.78, 5) is 15.8. The van der Waals surface area contributed by atoms with Crippen LogP contribution < -0.4 is 16.0 Å². The van der Waals surface area contributed by atoms with Crippen LogP contribution in [0.2, 0.25) is 0 Å². The largest absolute Gasteiger partial charge is 0.356 e. The fourth-order valence-corrected chi connectivity index (χ4v) is 1.86.